The highest BCUT2D eigenvalue weighted by Gasteiger charge is 2.30. The van der Waals surface area contributed by atoms with Gasteiger partial charge in [0.1, 0.15) is 11.9 Å². The third-order valence-corrected chi connectivity index (χ3v) is 7.01. The van der Waals surface area contributed by atoms with Crippen LogP contribution in [0.1, 0.15) is 56.0 Å². The van der Waals surface area contributed by atoms with Crippen molar-refractivity contribution in [1.29, 1.82) is 0 Å². The summed E-state index contributed by atoms with van der Waals surface area (Å²) in [5, 5.41) is 13.3. The van der Waals surface area contributed by atoms with E-state index in [-0.39, 0.29) is 35.7 Å². The first-order valence-corrected chi connectivity index (χ1v) is 12.1. The number of nitrogens with zero attached hydrogens (tertiary/aromatic N) is 2. The van der Waals surface area contributed by atoms with Gasteiger partial charge < -0.3 is 15.4 Å². The zero-order chi connectivity index (χ0) is 21.3. The fourth-order valence-corrected chi connectivity index (χ4v) is 5.33. The Hall–Kier alpha value is -2.62. The molecule has 0 bridgehead atoms. The van der Waals surface area contributed by atoms with E-state index in [1.165, 1.54) is 0 Å². The number of hydrogen-bond donors (Lipinski definition) is 3. The number of aromatic nitrogens is 3. The van der Waals surface area contributed by atoms with E-state index in [0.29, 0.717) is 23.8 Å². The maximum Gasteiger partial charge on any atom is 0.407 e. The number of aryl methyl sites for hydroxylation is 1. The summed E-state index contributed by atoms with van der Waals surface area (Å²) in [6.07, 6.45) is 2.52. The summed E-state index contributed by atoms with van der Waals surface area (Å²) in [6, 6.07) is 5.75. The van der Waals surface area contributed by atoms with Crippen LogP contribution in [-0.2, 0) is 26.7 Å². The monoisotopic (exact) mass is 433 g/mol. The molecule has 0 radical (unpaired) electrons. The van der Waals surface area contributed by atoms with Gasteiger partial charge in [0.25, 0.3) is 0 Å². The first-order valence-electron chi connectivity index (χ1n) is 10.3. The van der Waals surface area contributed by atoms with E-state index in [9.17, 15) is 13.2 Å². The van der Waals surface area contributed by atoms with E-state index >= 15 is 0 Å². The normalized spacial score (nSPS) is 22.5. The molecule has 2 atom stereocenters. The Morgan fingerprint density at radius 2 is 2.10 bits per heavy atom. The van der Waals surface area contributed by atoms with Crippen molar-refractivity contribution < 1.29 is 17.9 Å². The highest BCUT2D eigenvalue weighted by atomic mass is 32.2. The van der Waals surface area contributed by atoms with Crippen molar-refractivity contribution in [2.24, 2.45) is 0 Å². The number of H-pyrrole nitrogens is 1. The zero-order valence-electron chi connectivity index (χ0n) is 17.1. The second-order valence-corrected chi connectivity index (χ2v) is 10.5. The topological polar surface area (TPSA) is 126 Å². The van der Waals surface area contributed by atoms with Crippen molar-refractivity contribution >= 4 is 27.6 Å². The first kappa shape index (κ1) is 20.6. The van der Waals surface area contributed by atoms with Crippen LogP contribution < -0.4 is 10.6 Å². The van der Waals surface area contributed by atoms with Gasteiger partial charge in [0.15, 0.2) is 15.7 Å². The van der Waals surface area contributed by atoms with Crippen LogP contribution in [0.4, 0.5) is 16.4 Å². The Kier molecular flexibility index (Phi) is 5.68. The van der Waals surface area contributed by atoms with Crippen molar-refractivity contribution in [3.05, 3.63) is 35.2 Å². The van der Waals surface area contributed by atoms with Gasteiger partial charge in [-0.05, 0) is 51.2 Å². The van der Waals surface area contributed by atoms with Crippen LogP contribution in [-0.4, -0.2) is 47.6 Å². The van der Waals surface area contributed by atoms with E-state index in [1.54, 1.807) is 0 Å². The number of nitrogens with one attached hydrogen (secondary N) is 3. The summed E-state index contributed by atoms with van der Waals surface area (Å²) in [5.41, 5.74) is 2.57. The smallest absolute Gasteiger partial charge is 0.407 e. The molecule has 1 aliphatic carbocycles. The lowest BCUT2D eigenvalue weighted by Crippen LogP contribution is -2.33. The Bertz CT molecular complexity index is 1030. The van der Waals surface area contributed by atoms with Gasteiger partial charge in [-0.25, -0.2) is 18.2 Å². The fraction of sp³-hybridized carbons (Fsp3) is 0.550. The molecule has 0 spiro atoms. The molecule has 2 aromatic heterocycles. The molecule has 0 aromatic carbocycles. The predicted octanol–water partition coefficient (Wildman–Crippen LogP) is 2.79. The van der Waals surface area contributed by atoms with Gasteiger partial charge in [-0.2, -0.15) is 5.10 Å². The van der Waals surface area contributed by atoms with Crippen molar-refractivity contribution in [2.45, 2.75) is 63.3 Å². The maximum absolute atomic E-state index is 11.9. The van der Waals surface area contributed by atoms with E-state index in [1.807, 2.05) is 32.0 Å². The number of hydrogen-bond acceptors (Lipinski definition) is 7. The number of amides is 1. The number of aromatic amines is 1. The summed E-state index contributed by atoms with van der Waals surface area (Å²) in [6.45, 7) is 3.79. The van der Waals surface area contributed by atoms with Crippen molar-refractivity contribution in [2.75, 3.05) is 11.1 Å². The summed E-state index contributed by atoms with van der Waals surface area (Å²) in [7, 11) is -3.07. The number of sulfone groups is 1. The van der Waals surface area contributed by atoms with Crippen LogP contribution in [0, 0.1) is 0 Å². The number of pyridine rings is 1. The first-order chi connectivity index (χ1) is 14.3. The summed E-state index contributed by atoms with van der Waals surface area (Å²) < 4.78 is 29.2. The van der Waals surface area contributed by atoms with Crippen LogP contribution >= 0.6 is 0 Å². The molecule has 9 nitrogen and oxygen atoms in total. The quantitative estimate of drug-likeness (QED) is 0.662. The molecule has 1 amide bonds. The van der Waals surface area contributed by atoms with Crippen LogP contribution in [0.15, 0.2) is 18.2 Å². The minimum atomic E-state index is -3.07. The van der Waals surface area contributed by atoms with E-state index < -0.39 is 9.84 Å². The van der Waals surface area contributed by atoms with E-state index in [0.717, 1.165) is 30.5 Å². The highest BCUT2D eigenvalue weighted by molar-refractivity contribution is 7.90. The molecule has 4 rings (SSSR count). The van der Waals surface area contributed by atoms with Crippen LogP contribution in [0.2, 0.25) is 0 Å². The zero-order valence-corrected chi connectivity index (χ0v) is 18.0. The Balaban J connectivity index is 1.37. The second-order valence-electron chi connectivity index (χ2n) is 8.31. The average molecular weight is 434 g/mol. The summed E-state index contributed by atoms with van der Waals surface area (Å²) >= 11 is 0. The minimum absolute atomic E-state index is 0.0164. The molecule has 2 aromatic rings. The van der Waals surface area contributed by atoms with Gasteiger partial charge in [-0.15, -0.1) is 0 Å². The van der Waals surface area contributed by atoms with Gasteiger partial charge in [-0.3, -0.25) is 5.10 Å². The van der Waals surface area contributed by atoms with Gasteiger partial charge in [0.05, 0.1) is 17.2 Å². The Labute approximate surface area is 175 Å². The van der Waals surface area contributed by atoms with Crippen molar-refractivity contribution in [3.63, 3.8) is 0 Å². The number of fused-ring (bicyclic) bond motifs is 1. The average Bonchev–Trinajstić information content (AvgIpc) is 3.29. The lowest BCUT2D eigenvalue weighted by molar-refractivity contribution is 0.0981. The minimum Gasteiger partial charge on any atom is -0.446 e. The summed E-state index contributed by atoms with van der Waals surface area (Å²) in [5.74, 6) is 1.60. The molecule has 10 heteroatoms. The standard InChI is InChI=1S/C20H27N5O4S/c1-12(2)21-20(26)29-15-5-3-14(9-15)16-10-19(25-24-16)23-18-6-4-13-7-8-30(27,28)11-17(13)22-18/h4,6,10,12,14-15H,3,5,7-9,11H2,1-2H3,(H,21,26)(H2,22,23,24,25)/t14-,15+/m0/s1. The number of carbonyl (C=O) groups is 1. The van der Waals surface area contributed by atoms with Gasteiger partial charge >= 0.3 is 6.09 Å². The van der Waals surface area contributed by atoms with Gasteiger partial charge in [0.2, 0.25) is 0 Å². The van der Waals surface area contributed by atoms with E-state index in [4.69, 9.17) is 4.74 Å². The van der Waals surface area contributed by atoms with E-state index in [2.05, 4.69) is 25.8 Å². The third-order valence-electron chi connectivity index (χ3n) is 5.47. The molecular formula is C20H27N5O4S. The van der Waals surface area contributed by atoms with Crippen molar-refractivity contribution in [1.82, 2.24) is 20.5 Å². The third kappa shape index (κ3) is 4.92. The maximum atomic E-state index is 11.9. The predicted molar refractivity (Wildman–Crippen MR) is 112 cm³/mol. The Morgan fingerprint density at radius 1 is 1.27 bits per heavy atom. The largest absolute Gasteiger partial charge is 0.446 e. The molecule has 1 fully saturated rings. The highest BCUT2D eigenvalue weighted by Crippen LogP contribution is 2.36. The molecule has 0 saturated heterocycles. The van der Waals surface area contributed by atoms with Crippen molar-refractivity contribution in [3.8, 4) is 0 Å². The molecule has 2 aliphatic rings. The SMILES string of the molecule is CC(C)NC(=O)O[C@@H]1CC[C@H](c2cc(Nc3ccc4c(n3)CS(=O)(=O)CC4)n[nH]2)C1. The number of carbonyl (C=O) groups excluding carboxylic acids is 1. The van der Waals surface area contributed by atoms with Crippen LogP contribution in [0.3, 0.4) is 0 Å². The van der Waals surface area contributed by atoms with Crippen LogP contribution in [0.5, 0.6) is 0 Å². The molecule has 1 aliphatic heterocycles. The lowest BCUT2D eigenvalue weighted by atomic mass is 10.0. The summed E-state index contributed by atoms with van der Waals surface area (Å²) in [4.78, 5) is 16.3. The number of anilines is 2. The van der Waals surface area contributed by atoms with Crippen LogP contribution in [0.25, 0.3) is 0 Å². The molecule has 3 N–H and O–H groups in total. The second kappa shape index (κ2) is 8.25. The number of rotatable bonds is 5. The lowest BCUT2D eigenvalue weighted by Gasteiger charge is -2.16. The molecule has 162 valence electrons. The molecule has 1 saturated carbocycles. The van der Waals surface area contributed by atoms with Gasteiger partial charge in [0, 0.05) is 23.7 Å². The fourth-order valence-electron chi connectivity index (χ4n) is 3.99. The number of ether oxygens (including phenoxy) is 1. The Morgan fingerprint density at radius 3 is 2.90 bits per heavy atom. The van der Waals surface area contributed by atoms with Gasteiger partial charge in [-0.1, -0.05) is 6.07 Å². The number of alkyl carbamates (subject to hydrolysis) is 1. The molecular weight excluding hydrogens is 406 g/mol. The molecule has 30 heavy (non-hydrogen) atoms. The molecule has 0 unspecified atom stereocenters. The molecule has 3 heterocycles.